The molecule has 1 aliphatic rings. The van der Waals surface area contributed by atoms with Crippen LogP contribution in [-0.4, -0.2) is 24.0 Å². The molecule has 2 atom stereocenters. The first kappa shape index (κ1) is 11.5. The van der Waals surface area contributed by atoms with Crippen LogP contribution in [0.15, 0.2) is 22.9 Å². The van der Waals surface area contributed by atoms with Crippen molar-refractivity contribution in [1.29, 1.82) is 0 Å². The summed E-state index contributed by atoms with van der Waals surface area (Å²) in [6.45, 7) is 3.75. The van der Waals surface area contributed by atoms with E-state index in [1.165, 1.54) is 0 Å². The summed E-state index contributed by atoms with van der Waals surface area (Å²) < 4.78 is 0.668. The topological polar surface area (TPSA) is 54.0 Å². The third kappa shape index (κ3) is 2.41. The number of pyridine rings is 1. The Hall–Kier alpha value is -0.940. The molecule has 2 N–H and O–H groups in total. The van der Waals surface area contributed by atoms with Gasteiger partial charge in [-0.15, -0.1) is 0 Å². The van der Waals surface area contributed by atoms with E-state index in [-0.39, 0.29) is 11.8 Å². The van der Waals surface area contributed by atoms with E-state index in [0.717, 1.165) is 18.8 Å². The van der Waals surface area contributed by atoms with E-state index < -0.39 is 0 Å². The van der Waals surface area contributed by atoms with Gasteiger partial charge < -0.3 is 10.6 Å². The van der Waals surface area contributed by atoms with Crippen LogP contribution in [0.1, 0.15) is 6.92 Å². The van der Waals surface area contributed by atoms with Gasteiger partial charge in [0.05, 0.1) is 11.6 Å². The minimum atomic E-state index is 0.0482. The largest absolute Gasteiger partial charge is 0.323 e. The highest BCUT2D eigenvalue weighted by Gasteiger charge is 2.29. The molecule has 0 radical (unpaired) electrons. The molecule has 0 saturated carbocycles. The summed E-state index contributed by atoms with van der Waals surface area (Å²) in [5, 5.41) is 6.11. The van der Waals surface area contributed by atoms with E-state index in [1.807, 2.05) is 6.07 Å². The van der Waals surface area contributed by atoms with Crippen molar-refractivity contribution in [3.05, 3.63) is 22.9 Å². The van der Waals surface area contributed by atoms with Crippen molar-refractivity contribution in [3.8, 4) is 0 Å². The van der Waals surface area contributed by atoms with Gasteiger partial charge in [-0.2, -0.15) is 0 Å². The lowest BCUT2D eigenvalue weighted by Gasteiger charge is -2.14. The van der Waals surface area contributed by atoms with Gasteiger partial charge in [-0.05, 0) is 40.5 Å². The Kier molecular flexibility index (Phi) is 3.56. The molecule has 1 aromatic rings. The smallest absolute Gasteiger partial charge is 0.229 e. The van der Waals surface area contributed by atoms with E-state index >= 15 is 0 Å². The van der Waals surface area contributed by atoms with Gasteiger partial charge in [0.15, 0.2) is 0 Å². The number of rotatable bonds is 2. The Bertz CT molecular complexity index is 397. The SMILES string of the molecule is C[C@@H]1CNC[C@H]1C(=O)Nc1cccnc1Br. The molecular weight excluding hydrogens is 270 g/mol. The highest BCUT2D eigenvalue weighted by molar-refractivity contribution is 9.10. The van der Waals surface area contributed by atoms with Crippen LogP contribution in [0, 0.1) is 11.8 Å². The summed E-state index contributed by atoms with van der Waals surface area (Å²) in [6.07, 6.45) is 1.68. The van der Waals surface area contributed by atoms with Gasteiger partial charge in [-0.25, -0.2) is 4.98 Å². The highest BCUT2D eigenvalue weighted by atomic mass is 79.9. The lowest BCUT2D eigenvalue weighted by atomic mass is 9.97. The first-order valence-electron chi connectivity index (χ1n) is 5.30. The molecule has 4 nitrogen and oxygen atoms in total. The fourth-order valence-electron chi connectivity index (χ4n) is 1.87. The summed E-state index contributed by atoms with van der Waals surface area (Å²) >= 11 is 3.31. The summed E-state index contributed by atoms with van der Waals surface area (Å²) in [6, 6.07) is 3.64. The van der Waals surface area contributed by atoms with Crippen molar-refractivity contribution < 1.29 is 4.79 Å². The van der Waals surface area contributed by atoms with E-state index in [2.05, 4.69) is 38.5 Å². The van der Waals surface area contributed by atoms with Crippen LogP contribution in [-0.2, 0) is 4.79 Å². The van der Waals surface area contributed by atoms with Crippen molar-refractivity contribution >= 4 is 27.5 Å². The molecule has 0 bridgehead atoms. The Balaban J connectivity index is 2.05. The molecule has 1 aliphatic heterocycles. The Labute approximate surface area is 103 Å². The average Bonchev–Trinajstić information content (AvgIpc) is 2.68. The first-order valence-corrected chi connectivity index (χ1v) is 6.10. The fourth-order valence-corrected chi connectivity index (χ4v) is 2.22. The summed E-state index contributed by atoms with van der Waals surface area (Å²) in [5.74, 6) is 0.494. The highest BCUT2D eigenvalue weighted by Crippen LogP contribution is 2.22. The number of halogens is 1. The van der Waals surface area contributed by atoms with E-state index in [1.54, 1.807) is 12.3 Å². The quantitative estimate of drug-likeness (QED) is 0.812. The third-order valence-electron chi connectivity index (χ3n) is 2.87. The van der Waals surface area contributed by atoms with Crippen molar-refractivity contribution in [2.24, 2.45) is 11.8 Å². The van der Waals surface area contributed by atoms with Crippen LogP contribution in [0.25, 0.3) is 0 Å². The number of nitrogens with one attached hydrogen (secondary N) is 2. The Morgan fingerprint density at radius 2 is 2.44 bits per heavy atom. The molecule has 1 saturated heterocycles. The number of amides is 1. The van der Waals surface area contributed by atoms with Crippen LogP contribution in [0.2, 0.25) is 0 Å². The number of nitrogens with zero attached hydrogens (tertiary/aromatic N) is 1. The zero-order chi connectivity index (χ0) is 11.5. The van der Waals surface area contributed by atoms with Crippen molar-refractivity contribution in [3.63, 3.8) is 0 Å². The van der Waals surface area contributed by atoms with Gasteiger partial charge in [-0.3, -0.25) is 4.79 Å². The molecule has 0 unspecified atom stereocenters. The standard InChI is InChI=1S/C11H14BrN3O/c1-7-5-13-6-8(7)11(16)15-9-3-2-4-14-10(9)12/h2-4,7-8,13H,5-6H2,1H3,(H,15,16)/t7-,8-/m1/s1. The van der Waals surface area contributed by atoms with Gasteiger partial charge in [0, 0.05) is 12.7 Å². The summed E-state index contributed by atoms with van der Waals surface area (Å²) in [4.78, 5) is 16.0. The van der Waals surface area contributed by atoms with E-state index in [0.29, 0.717) is 10.5 Å². The molecule has 0 aliphatic carbocycles. The maximum absolute atomic E-state index is 12.0. The molecule has 86 valence electrons. The van der Waals surface area contributed by atoms with Crippen molar-refractivity contribution in [2.45, 2.75) is 6.92 Å². The molecule has 1 aromatic heterocycles. The maximum atomic E-state index is 12.0. The van der Waals surface area contributed by atoms with E-state index in [9.17, 15) is 4.79 Å². The summed E-state index contributed by atoms with van der Waals surface area (Å²) in [7, 11) is 0. The van der Waals surface area contributed by atoms with Gasteiger partial charge in [0.1, 0.15) is 4.60 Å². The lowest BCUT2D eigenvalue weighted by Crippen LogP contribution is -2.28. The van der Waals surface area contributed by atoms with Crippen LogP contribution in [0.3, 0.4) is 0 Å². The number of hydrogen-bond acceptors (Lipinski definition) is 3. The number of aromatic nitrogens is 1. The second-order valence-electron chi connectivity index (χ2n) is 4.07. The van der Waals surface area contributed by atoms with Crippen LogP contribution in [0.5, 0.6) is 0 Å². The number of carbonyl (C=O) groups is 1. The third-order valence-corrected chi connectivity index (χ3v) is 3.50. The maximum Gasteiger partial charge on any atom is 0.229 e. The second kappa shape index (κ2) is 4.93. The Morgan fingerprint density at radius 1 is 1.62 bits per heavy atom. The Morgan fingerprint density at radius 3 is 3.06 bits per heavy atom. The van der Waals surface area contributed by atoms with Gasteiger partial charge in [0.25, 0.3) is 0 Å². The molecule has 2 rings (SSSR count). The number of carbonyl (C=O) groups excluding carboxylic acids is 1. The zero-order valence-electron chi connectivity index (χ0n) is 9.03. The predicted octanol–water partition coefficient (Wildman–Crippen LogP) is 1.64. The minimum absolute atomic E-state index is 0.0482. The van der Waals surface area contributed by atoms with Crippen molar-refractivity contribution in [2.75, 3.05) is 18.4 Å². The molecule has 0 aromatic carbocycles. The lowest BCUT2D eigenvalue weighted by molar-refractivity contribution is -0.120. The van der Waals surface area contributed by atoms with Gasteiger partial charge in [0.2, 0.25) is 5.91 Å². The molecule has 1 amide bonds. The molecule has 2 heterocycles. The monoisotopic (exact) mass is 283 g/mol. The second-order valence-corrected chi connectivity index (χ2v) is 4.82. The molecule has 0 spiro atoms. The van der Waals surface area contributed by atoms with Gasteiger partial charge in [-0.1, -0.05) is 6.92 Å². The molecule has 1 fully saturated rings. The fraction of sp³-hybridized carbons (Fsp3) is 0.455. The molecule has 5 heteroatoms. The number of hydrogen-bond donors (Lipinski definition) is 2. The predicted molar refractivity (Wildman–Crippen MR) is 66.1 cm³/mol. The van der Waals surface area contributed by atoms with E-state index in [4.69, 9.17) is 0 Å². The average molecular weight is 284 g/mol. The zero-order valence-corrected chi connectivity index (χ0v) is 10.6. The first-order chi connectivity index (χ1) is 7.68. The number of anilines is 1. The van der Waals surface area contributed by atoms with Crippen molar-refractivity contribution in [1.82, 2.24) is 10.3 Å². The summed E-state index contributed by atoms with van der Waals surface area (Å²) in [5.41, 5.74) is 0.728. The molecule has 16 heavy (non-hydrogen) atoms. The van der Waals surface area contributed by atoms with Gasteiger partial charge >= 0.3 is 0 Å². The van der Waals surface area contributed by atoms with Crippen LogP contribution < -0.4 is 10.6 Å². The van der Waals surface area contributed by atoms with Crippen LogP contribution >= 0.6 is 15.9 Å². The molecular formula is C11H14BrN3O. The minimum Gasteiger partial charge on any atom is -0.323 e. The normalized spacial score (nSPS) is 24.4. The van der Waals surface area contributed by atoms with Crippen LogP contribution in [0.4, 0.5) is 5.69 Å².